The molecule has 18 heavy (non-hydrogen) atoms. The van der Waals surface area contributed by atoms with E-state index in [1.807, 2.05) is 6.92 Å². The maximum absolute atomic E-state index is 11.9. The zero-order chi connectivity index (χ0) is 13.4. The third-order valence-electron chi connectivity index (χ3n) is 2.22. The third-order valence-corrected chi connectivity index (χ3v) is 2.22. The van der Waals surface area contributed by atoms with Crippen molar-refractivity contribution in [2.75, 3.05) is 25.0 Å². The van der Waals surface area contributed by atoms with Crippen molar-refractivity contribution in [3.63, 3.8) is 0 Å². The molecule has 2 amide bonds. The van der Waals surface area contributed by atoms with E-state index >= 15 is 0 Å². The van der Waals surface area contributed by atoms with Gasteiger partial charge in [0.1, 0.15) is 0 Å². The van der Waals surface area contributed by atoms with Gasteiger partial charge >= 0.3 is 0 Å². The molecule has 0 aromatic carbocycles. The van der Waals surface area contributed by atoms with Crippen LogP contribution in [0, 0.1) is 0 Å². The zero-order valence-corrected chi connectivity index (χ0v) is 10.6. The lowest BCUT2D eigenvalue weighted by molar-refractivity contribution is -0.118. The molecule has 6 nitrogen and oxygen atoms in total. The van der Waals surface area contributed by atoms with Gasteiger partial charge in [-0.1, -0.05) is 0 Å². The van der Waals surface area contributed by atoms with Crippen LogP contribution in [0.25, 0.3) is 0 Å². The number of amides is 2. The second kappa shape index (κ2) is 7.26. The summed E-state index contributed by atoms with van der Waals surface area (Å²) in [6.45, 7) is 4.92. The van der Waals surface area contributed by atoms with Crippen molar-refractivity contribution in [2.24, 2.45) is 0 Å². The Morgan fingerprint density at radius 1 is 1.28 bits per heavy atom. The van der Waals surface area contributed by atoms with Gasteiger partial charge in [-0.3, -0.25) is 14.6 Å². The minimum absolute atomic E-state index is 0.110. The minimum atomic E-state index is -0.182. The van der Waals surface area contributed by atoms with E-state index in [4.69, 9.17) is 0 Å². The van der Waals surface area contributed by atoms with Crippen LogP contribution in [0.1, 0.15) is 24.2 Å². The van der Waals surface area contributed by atoms with Gasteiger partial charge in [0.2, 0.25) is 5.91 Å². The quantitative estimate of drug-likeness (QED) is 0.637. The van der Waals surface area contributed by atoms with Crippen molar-refractivity contribution in [1.82, 2.24) is 15.6 Å². The van der Waals surface area contributed by atoms with E-state index in [-0.39, 0.29) is 11.8 Å². The van der Waals surface area contributed by atoms with Gasteiger partial charge in [-0.15, -0.1) is 0 Å². The van der Waals surface area contributed by atoms with Gasteiger partial charge in [-0.2, -0.15) is 0 Å². The summed E-state index contributed by atoms with van der Waals surface area (Å²) < 4.78 is 0. The fraction of sp³-hybridized carbons (Fsp3) is 0.417. The van der Waals surface area contributed by atoms with Crippen molar-refractivity contribution < 1.29 is 9.59 Å². The Balaban J connectivity index is 2.53. The van der Waals surface area contributed by atoms with Gasteiger partial charge in [0.25, 0.3) is 5.91 Å². The summed E-state index contributed by atoms with van der Waals surface area (Å²) in [4.78, 5) is 26.5. The lowest BCUT2D eigenvalue weighted by Crippen LogP contribution is -2.34. The van der Waals surface area contributed by atoms with Crippen LogP contribution in [-0.4, -0.2) is 36.4 Å². The molecule has 1 heterocycles. The molecule has 0 aliphatic heterocycles. The lowest BCUT2D eigenvalue weighted by Gasteiger charge is -2.10. The Morgan fingerprint density at radius 3 is 2.67 bits per heavy atom. The molecule has 0 bridgehead atoms. The number of hydrogen-bond acceptors (Lipinski definition) is 4. The van der Waals surface area contributed by atoms with Crippen molar-refractivity contribution in [3.05, 3.63) is 24.0 Å². The molecule has 1 aromatic rings. The highest BCUT2D eigenvalue weighted by Crippen LogP contribution is 2.12. The summed E-state index contributed by atoms with van der Waals surface area (Å²) >= 11 is 0. The van der Waals surface area contributed by atoms with E-state index in [0.29, 0.717) is 24.3 Å². The van der Waals surface area contributed by atoms with Crippen LogP contribution in [0.15, 0.2) is 18.5 Å². The van der Waals surface area contributed by atoms with E-state index < -0.39 is 0 Å². The predicted molar refractivity (Wildman–Crippen MR) is 69.4 cm³/mol. The summed E-state index contributed by atoms with van der Waals surface area (Å²) in [6, 6.07) is 1.66. The highest BCUT2D eigenvalue weighted by molar-refractivity contribution is 5.99. The summed E-state index contributed by atoms with van der Waals surface area (Å²) in [5.41, 5.74) is 1.26. The zero-order valence-electron chi connectivity index (χ0n) is 10.6. The molecule has 98 valence electrons. The molecule has 1 aromatic heterocycles. The average molecular weight is 250 g/mol. The van der Waals surface area contributed by atoms with E-state index in [1.54, 1.807) is 18.5 Å². The first kappa shape index (κ1) is 14.0. The SMILES string of the molecule is CCNc1cnccc1C(=O)NCCNC(C)=O. The van der Waals surface area contributed by atoms with Crippen LogP contribution in [-0.2, 0) is 4.79 Å². The first-order chi connectivity index (χ1) is 8.65. The van der Waals surface area contributed by atoms with E-state index in [9.17, 15) is 9.59 Å². The van der Waals surface area contributed by atoms with E-state index in [2.05, 4.69) is 20.9 Å². The molecule has 0 unspecified atom stereocenters. The lowest BCUT2D eigenvalue weighted by atomic mass is 10.2. The standard InChI is InChI=1S/C12H18N4O2/c1-3-14-11-8-13-5-4-10(11)12(18)16-7-6-15-9(2)17/h4-5,8,14H,3,6-7H2,1-2H3,(H,15,17)(H,16,18). The highest BCUT2D eigenvalue weighted by Gasteiger charge is 2.09. The number of pyridine rings is 1. The molecule has 0 saturated heterocycles. The van der Waals surface area contributed by atoms with Crippen LogP contribution >= 0.6 is 0 Å². The summed E-state index contributed by atoms with van der Waals surface area (Å²) in [7, 11) is 0. The van der Waals surface area contributed by atoms with Crippen molar-refractivity contribution in [3.8, 4) is 0 Å². The first-order valence-corrected chi connectivity index (χ1v) is 5.85. The molecule has 1 rings (SSSR count). The Bertz CT molecular complexity index is 420. The second-order valence-corrected chi connectivity index (χ2v) is 3.69. The number of anilines is 1. The van der Waals surface area contributed by atoms with Crippen LogP contribution in [0.3, 0.4) is 0 Å². The summed E-state index contributed by atoms with van der Waals surface area (Å²) in [5, 5.41) is 8.41. The number of nitrogens with zero attached hydrogens (tertiary/aromatic N) is 1. The Morgan fingerprint density at radius 2 is 2.00 bits per heavy atom. The van der Waals surface area contributed by atoms with E-state index in [0.717, 1.165) is 6.54 Å². The van der Waals surface area contributed by atoms with E-state index in [1.165, 1.54) is 6.92 Å². The second-order valence-electron chi connectivity index (χ2n) is 3.69. The first-order valence-electron chi connectivity index (χ1n) is 5.85. The van der Waals surface area contributed by atoms with Gasteiger partial charge in [-0.05, 0) is 13.0 Å². The van der Waals surface area contributed by atoms with Crippen molar-refractivity contribution >= 4 is 17.5 Å². The average Bonchev–Trinajstić information content (AvgIpc) is 2.35. The van der Waals surface area contributed by atoms with Gasteiger partial charge < -0.3 is 16.0 Å². The molecule has 0 aliphatic rings. The number of aromatic nitrogens is 1. The fourth-order valence-corrected chi connectivity index (χ4v) is 1.43. The molecular weight excluding hydrogens is 232 g/mol. The van der Waals surface area contributed by atoms with Crippen LogP contribution in [0.4, 0.5) is 5.69 Å². The predicted octanol–water partition coefficient (Wildman–Crippen LogP) is 0.379. The molecule has 0 spiro atoms. The molecule has 0 aliphatic carbocycles. The maximum Gasteiger partial charge on any atom is 0.253 e. The molecule has 0 saturated carbocycles. The fourth-order valence-electron chi connectivity index (χ4n) is 1.43. The van der Waals surface area contributed by atoms with Crippen LogP contribution in [0.2, 0.25) is 0 Å². The molecule has 3 N–H and O–H groups in total. The largest absolute Gasteiger partial charge is 0.383 e. The molecule has 6 heteroatoms. The number of rotatable bonds is 6. The van der Waals surface area contributed by atoms with Gasteiger partial charge in [0.15, 0.2) is 0 Å². The number of carbonyl (C=O) groups is 2. The van der Waals surface area contributed by atoms with Crippen LogP contribution in [0.5, 0.6) is 0 Å². The van der Waals surface area contributed by atoms with Gasteiger partial charge in [-0.25, -0.2) is 0 Å². The Labute approximate surface area is 106 Å². The summed E-state index contributed by atoms with van der Waals surface area (Å²) in [6.07, 6.45) is 3.19. The number of carbonyl (C=O) groups excluding carboxylic acids is 2. The monoisotopic (exact) mass is 250 g/mol. The van der Waals surface area contributed by atoms with Crippen molar-refractivity contribution in [1.29, 1.82) is 0 Å². The molecule has 0 atom stereocenters. The van der Waals surface area contributed by atoms with Crippen molar-refractivity contribution in [2.45, 2.75) is 13.8 Å². The topological polar surface area (TPSA) is 83.1 Å². The van der Waals surface area contributed by atoms with Gasteiger partial charge in [0.05, 0.1) is 17.4 Å². The smallest absolute Gasteiger partial charge is 0.253 e. The Kier molecular flexibility index (Phi) is 5.63. The molecule has 0 radical (unpaired) electrons. The van der Waals surface area contributed by atoms with Gasteiger partial charge in [0, 0.05) is 32.8 Å². The molecule has 0 fully saturated rings. The third kappa shape index (κ3) is 4.40. The molecular formula is C12H18N4O2. The highest BCUT2D eigenvalue weighted by atomic mass is 16.2. The summed E-state index contributed by atoms with van der Waals surface area (Å²) in [5.74, 6) is -0.291. The Hall–Kier alpha value is -2.11. The van der Waals surface area contributed by atoms with Crippen LogP contribution < -0.4 is 16.0 Å². The number of nitrogens with one attached hydrogen (secondary N) is 3. The maximum atomic E-state index is 11.9. The number of hydrogen-bond donors (Lipinski definition) is 3. The normalized spacial score (nSPS) is 9.67. The minimum Gasteiger partial charge on any atom is -0.383 e.